The molecule has 164 valence electrons. The summed E-state index contributed by atoms with van der Waals surface area (Å²) in [5.74, 6) is 0.778. The van der Waals surface area contributed by atoms with Gasteiger partial charge >= 0.3 is 0 Å². The van der Waals surface area contributed by atoms with Crippen molar-refractivity contribution in [3.8, 4) is 11.5 Å². The highest BCUT2D eigenvalue weighted by atomic mass is 35.5. The molecule has 2 heterocycles. The topological polar surface area (TPSA) is 68.9 Å². The quantitative estimate of drug-likeness (QED) is 0.406. The van der Waals surface area contributed by atoms with E-state index < -0.39 is 10.8 Å². The van der Waals surface area contributed by atoms with Crippen molar-refractivity contribution in [3.63, 3.8) is 0 Å². The molecule has 0 aliphatic heterocycles. The Morgan fingerprint density at radius 1 is 1.00 bits per heavy atom. The SMILES string of the molecule is O=C(C[S@@](=O)Cc1cnn(-c2ccccc2)c1-n1cccc1)NCCc1ccc(Cl)cc1. The molecule has 1 atom stereocenters. The third kappa shape index (κ3) is 5.55. The molecule has 0 saturated heterocycles. The highest BCUT2D eigenvalue weighted by molar-refractivity contribution is 7.84. The molecule has 0 aliphatic rings. The van der Waals surface area contributed by atoms with E-state index in [1.54, 1.807) is 6.20 Å². The van der Waals surface area contributed by atoms with Gasteiger partial charge in [0.25, 0.3) is 0 Å². The number of halogens is 1. The summed E-state index contributed by atoms with van der Waals surface area (Å²) >= 11 is 5.89. The van der Waals surface area contributed by atoms with Crippen molar-refractivity contribution >= 4 is 28.3 Å². The van der Waals surface area contributed by atoms with E-state index in [0.717, 1.165) is 22.6 Å². The van der Waals surface area contributed by atoms with Crippen molar-refractivity contribution in [3.05, 3.63) is 101 Å². The number of hydrogen-bond donors (Lipinski definition) is 1. The monoisotopic (exact) mass is 466 g/mol. The molecule has 0 fully saturated rings. The van der Waals surface area contributed by atoms with Gasteiger partial charge in [0.2, 0.25) is 5.91 Å². The molecule has 4 aromatic rings. The van der Waals surface area contributed by atoms with Gasteiger partial charge in [-0.1, -0.05) is 41.9 Å². The third-order valence-electron chi connectivity index (χ3n) is 4.92. The second kappa shape index (κ2) is 10.4. The largest absolute Gasteiger partial charge is 0.355 e. The van der Waals surface area contributed by atoms with Crippen LogP contribution < -0.4 is 5.32 Å². The Bertz CT molecular complexity index is 1190. The smallest absolute Gasteiger partial charge is 0.232 e. The molecule has 0 radical (unpaired) electrons. The van der Waals surface area contributed by atoms with Crippen LogP contribution in [0.15, 0.2) is 85.3 Å². The van der Waals surface area contributed by atoms with Gasteiger partial charge in [0, 0.05) is 40.3 Å². The van der Waals surface area contributed by atoms with Gasteiger partial charge in [-0.3, -0.25) is 9.00 Å². The minimum Gasteiger partial charge on any atom is -0.355 e. The van der Waals surface area contributed by atoms with Crippen molar-refractivity contribution in [2.24, 2.45) is 0 Å². The van der Waals surface area contributed by atoms with Gasteiger partial charge in [-0.2, -0.15) is 5.10 Å². The maximum Gasteiger partial charge on any atom is 0.232 e. The molecule has 2 aromatic heterocycles. The van der Waals surface area contributed by atoms with Crippen LogP contribution in [0.1, 0.15) is 11.1 Å². The Labute approximate surface area is 194 Å². The normalized spacial score (nSPS) is 11.9. The lowest BCUT2D eigenvalue weighted by atomic mass is 10.1. The average Bonchev–Trinajstić information content (AvgIpc) is 3.45. The van der Waals surface area contributed by atoms with E-state index in [0.29, 0.717) is 18.0 Å². The number of carbonyl (C=O) groups is 1. The Morgan fingerprint density at radius 2 is 1.72 bits per heavy atom. The van der Waals surface area contributed by atoms with Gasteiger partial charge in [-0.25, -0.2) is 4.68 Å². The van der Waals surface area contributed by atoms with Crippen LogP contribution in [0.3, 0.4) is 0 Å². The zero-order valence-electron chi connectivity index (χ0n) is 17.4. The van der Waals surface area contributed by atoms with E-state index in [-0.39, 0.29) is 17.4 Å². The lowest BCUT2D eigenvalue weighted by molar-refractivity contribution is -0.118. The maximum atomic E-state index is 12.8. The first kappa shape index (κ1) is 22.0. The molecule has 1 N–H and O–H groups in total. The summed E-state index contributed by atoms with van der Waals surface area (Å²) in [6.45, 7) is 0.484. The van der Waals surface area contributed by atoms with Crippen molar-refractivity contribution in [1.82, 2.24) is 19.7 Å². The minimum atomic E-state index is -1.36. The van der Waals surface area contributed by atoms with E-state index in [4.69, 9.17) is 11.6 Å². The summed E-state index contributed by atoms with van der Waals surface area (Å²) in [7, 11) is -1.36. The lowest BCUT2D eigenvalue weighted by Crippen LogP contribution is -2.30. The van der Waals surface area contributed by atoms with Gasteiger partial charge in [-0.05, 0) is 48.4 Å². The zero-order chi connectivity index (χ0) is 22.3. The van der Waals surface area contributed by atoms with Crippen LogP contribution in [0.5, 0.6) is 0 Å². The van der Waals surface area contributed by atoms with E-state index in [1.165, 1.54) is 0 Å². The number of rotatable bonds is 9. The van der Waals surface area contributed by atoms with Crippen molar-refractivity contribution in [2.75, 3.05) is 12.3 Å². The van der Waals surface area contributed by atoms with Gasteiger partial charge in [0.05, 0.1) is 17.6 Å². The molecule has 0 unspecified atom stereocenters. The highest BCUT2D eigenvalue weighted by Gasteiger charge is 2.17. The van der Waals surface area contributed by atoms with Gasteiger partial charge in [0.15, 0.2) is 0 Å². The first-order valence-corrected chi connectivity index (χ1v) is 12.1. The minimum absolute atomic E-state index is 0.0533. The van der Waals surface area contributed by atoms with E-state index in [1.807, 2.05) is 88.4 Å². The lowest BCUT2D eigenvalue weighted by Gasteiger charge is -2.11. The van der Waals surface area contributed by atoms with Crippen molar-refractivity contribution < 1.29 is 9.00 Å². The summed E-state index contributed by atoms with van der Waals surface area (Å²) in [5.41, 5.74) is 2.81. The third-order valence-corrected chi connectivity index (χ3v) is 6.39. The van der Waals surface area contributed by atoms with E-state index in [9.17, 15) is 9.00 Å². The number of nitrogens with zero attached hydrogens (tertiary/aromatic N) is 3. The van der Waals surface area contributed by atoms with Crippen LogP contribution in [-0.2, 0) is 27.8 Å². The maximum absolute atomic E-state index is 12.8. The Kier molecular flexibility index (Phi) is 7.19. The predicted molar refractivity (Wildman–Crippen MR) is 128 cm³/mol. The summed E-state index contributed by atoms with van der Waals surface area (Å²) in [6, 6.07) is 21.1. The molecule has 1 amide bonds. The second-order valence-corrected chi connectivity index (χ2v) is 9.18. The molecular formula is C24H23ClN4O2S. The van der Waals surface area contributed by atoms with Gasteiger partial charge in [0.1, 0.15) is 11.6 Å². The van der Waals surface area contributed by atoms with Crippen LogP contribution in [0.25, 0.3) is 11.5 Å². The summed E-state index contributed by atoms with van der Waals surface area (Å²) in [4.78, 5) is 12.3. The molecule has 0 bridgehead atoms. The number of para-hydroxylation sites is 1. The Hall–Kier alpha value is -3.16. The first-order valence-electron chi connectivity index (χ1n) is 10.2. The number of carbonyl (C=O) groups excluding carboxylic acids is 1. The standard InChI is InChI=1S/C24H23ClN4O2S/c25-21-10-8-19(9-11-21)12-13-26-23(30)18-32(31)17-20-16-27-29(22-6-2-1-3-7-22)24(20)28-14-4-5-15-28/h1-11,14-16H,12-13,17-18H2,(H,26,30)/t32-/m0/s1. The second-order valence-electron chi connectivity index (χ2n) is 7.29. The molecule has 0 spiro atoms. The van der Waals surface area contributed by atoms with Gasteiger partial charge < -0.3 is 9.88 Å². The van der Waals surface area contributed by atoms with Crippen LogP contribution in [0.4, 0.5) is 0 Å². The van der Waals surface area contributed by atoms with E-state index >= 15 is 0 Å². The summed E-state index contributed by atoms with van der Waals surface area (Å²) < 4.78 is 16.5. The van der Waals surface area contributed by atoms with Gasteiger partial charge in [-0.15, -0.1) is 0 Å². The fourth-order valence-corrected chi connectivity index (χ4v) is 4.58. The molecule has 0 aliphatic carbocycles. The number of hydrogen-bond acceptors (Lipinski definition) is 3. The van der Waals surface area contributed by atoms with Crippen molar-refractivity contribution in [2.45, 2.75) is 12.2 Å². The molecule has 0 saturated carbocycles. The van der Waals surface area contributed by atoms with Crippen LogP contribution in [-0.4, -0.2) is 36.8 Å². The molecule has 32 heavy (non-hydrogen) atoms. The average molecular weight is 467 g/mol. The molecular weight excluding hydrogens is 444 g/mol. The Morgan fingerprint density at radius 3 is 2.44 bits per heavy atom. The summed E-state index contributed by atoms with van der Waals surface area (Å²) in [6.07, 6.45) is 6.26. The first-order chi connectivity index (χ1) is 15.6. The molecule has 6 nitrogen and oxygen atoms in total. The predicted octanol–water partition coefficient (Wildman–Crippen LogP) is 3.92. The number of benzene rings is 2. The summed E-state index contributed by atoms with van der Waals surface area (Å²) in [5, 5.41) is 8.04. The van der Waals surface area contributed by atoms with E-state index in [2.05, 4.69) is 10.4 Å². The fraction of sp³-hybridized carbons (Fsp3) is 0.167. The number of amides is 1. The van der Waals surface area contributed by atoms with Crippen LogP contribution in [0, 0.1) is 0 Å². The van der Waals surface area contributed by atoms with Crippen molar-refractivity contribution in [1.29, 1.82) is 0 Å². The fourth-order valence-electron chi connectivity index (χ4n) is 3.41. The van der Waals surface area contributed by atoms with Crippen LogP contribution >= 0.6 is 11.6 Å². The zero-order valence-corrected chi connectivity index (χ0v) is 18.9. The number of nitrogens with one attached hydrogen (secondary N) is 1. The Balaban J connectivity index is 1.39. The molecule has 2 aromatic carbocycles. The molecule has 8 heteroatoms. The molecule has 4 rings (SSSR count). The van der Waals surface area contributed by atoms with Crippen LogP contribution in [0.2, 0.25) is 5.02 Å². The highest BCUT2D eigenvalue weighted by Crippen LogP contribution is 2.21. The number of aromatic nitrogens is 3.